The summed E-state index contributed by atoms with van der Waals surface area (Å²) in [5.74, 6) is -0.122. The van der Waals surface area contributed by atoms with Crippen LogP contribution in [0.5, 0.6) is 5.88 Å². The standard InChI is InChI=1S/C34H38N6O6/c1-18-21(22-9-7-11-24(19(22)2)36-31(42)30-33(43)39(3)34(44)40(4)38-30)8-6-10-23(18)27-16-20-12-13-26(29(20)32(37-27)45-5)35-25-14-15-46-17-28(25)41/h6-11,16,25-26,28,35,41H,12-15,17H2,1-5H3,(H,36,42)/t25-,26-,28-/m1/s1. The molecule has 2 aromatic carbocycles. The summed E-state index contributed by atoms with van der Waals surface area (Å²) in [5, 5.41) is 20.8. The minimum Gasteiger partial charge on any atom is -0.481 e. The lowest BCUT2D eigenvalue weighted by Gasteiger charge is -2.31. The smallest absolute Gasteiger partial charge is 0.346 e. The summed E-state index contributed by atoms with van der Waals surface area (Å²) in [5.41, 5.74) is 6.45. The minimum absolute atomic E-state index is 0.0356. The fraction of sp³-hybridized carbons (Fsp3) is 0.382. The Balaban J connectivity index is 1.31. The van der Waals surface area contributed by atoms with Crippen molar-refractivity contribution in [3.05, 3.63) is 91.3 Å². The number of amides is 1. The van der Waals surface area contributed by atoms with Gasteiger partial charge in [0.05, 0.1) is 25.5 Å². The Hall–Kier alpha value is -4.65. The molecule has 0 saturated carbocycles. The first-order valence-electron chi connectivity index (χ1n) is 15.3. The van der Waals surface area contributed by atoms with Crippen molar-refractivity contribution in [1.82, 2.24) is 24.6 Å². The van der Waals surface area contributed by atoms with Gasteiger partial charge in [-0.3, -0.25) is 14.2 Å². The highest BCUT2D eigenvalue weighted by atomic mass is 16.5. The van der Waals surface area contributed by atoms with E-state index in [9.17, 15) is 19.5 Å². The van der Waals surface area contributed by atoms with Crippen LogP contribution in [0.25, 0.3) is 22.4 Å². The summed E-state index contributed by atoms with van der Waals surface area (Å²) < 4.78 is 13.1. The van der Waals surface area contributed by atoms with Gasteiger partial charge in [0.2, 0.25) is 11.6 Å². The average molecular weight is 627 g/mol. The van der Waals surface area contributed by atoms with Crippen LogP contribution in [-0.4, -0.2) is 62.8 Å². The number of hydrogen-bond donors (Lipinski definition) is 3. The number of aromatic nitrogens is 4. The van der Waals surface area contributed by atoms with Crippen LogP contribution < -0.4 is 26.6 Å². The summed E-state index contributed by atoms with van der Waals surface area (Å²) in [7, 11) is 4.33. The van der Waals surface area contributed by atoms with E-state index < -0.39 is 23.3 Å². The predicted octanol–water partition coefficient (Wildman–Crippen LogP) is 2.81. The molecule has 1 aliphatic carbocycles. The highest BCUT2D eigenvalue weighted by Gasteiger charge is 2.33. The van der Waals surface area contributed by atoms with E-state index >= 15 is 0 Å². The first-order valence-corrected chi connectivity index (χ1v) is 15.3. The number of aliphatic hydroxyl groups is 1. The number of methoxy groups -OCH3 is 1. The molecule has 6 rings (SSSR count). The number of ether oxygens (including phenoxy) is 2. The zero-order valence-corrected chi connectivity index (χ0v) is 26.6. The molecule has 240 valence electrons. The van der Waals surface area contributed by atoms with Crippen LogP contribution in [0.3, 0.4) is 0 Å². The normalized spacial score (nSPS) is 19.1. The van der Waals surface area contributed by atoms with Crippen LogP contribution >= 0.6 is 0 Å². The molecule has 46 heavy (non-hydrogen) atoms. The number of carbonyl (C=O) groups excluding carboxylic acids is 1. The average Bonchev–Trinajstić information content (AvgIpc) is 3.46. The Kier molecular flexibility index (Phi) is 8.60. The number of pyridine rings is 1. The van der Waals surface area contributed by atoms with Crippen LogP contribution in [0, 0.1) is 13.8 Å². The summed E-state index contributed by atoms with van der Waals surface area (Å²) in [6.45, 7) is 4.91. The molecule has 1 fully saturated rings. The van der Waals surface area contributed by atoms with Gasteiger partial charge in [-0.05, 0) is 73.1 Å². The number of fused-ring (bicyclic) bond motifs is 1. The maximum absolute atomic E-state index is 13.1. The quantitative estimate of drug-likeness (QED) is 0.282. The Morgan fingerprint density at radius 2 is 1.76 bits per heavy atom. The molecule has 0 bridgehead atoms. The van der Waals surface area contributed by atoms with E-state index in [1.165, 1.54) is 19.7 Å². The maximum atomic E-state index is 13.1. The molecule has 12 nitrogen and oxygen atoms in total. The van der Waals surface area contributed by atoms with Crippen molar-refractivity contribution < 1.29 is 19.4 Å². The number of carbonyl (C=O) groups is 1. The Morgan fingerprint density at radius 1 is 1.04 bits per heavy atom. The van der Waals surface area contributed by atoms with Gasteiger partial charge in [0, 0.05) is 49.6 Å². The third kappa shape index (κ3) is 5.63. The molecule has 3 heterocycles. The van der Waals surface area contributed by atoms with Gasteiger partial charge in [0.25, 0.3) is 11.5 Å². The van der Waals surface area contributed by atoms with Gasteiger partial charge in [0.1, 0.15) is 0 Å². The zero-order chi connectivity index (χ0) is 32.7. The minimum atomic E-state index is -0.765. The first-order chi connectivity index (χ1) is 22.1. The summed E-state index contributed by atoms with van der Waals surface area (Å²) in [6, 6.07) is 13.8. The zero-order valence-electron chi connectivity index (χ0n) is 26.6. The lowest BCUT2D eigenvalue weighted by atomic mass is 9.91. The van der Waals surface area contributed by atoms with Gasteiger partial charge in [0.15, 0.2) is 0 Å². The third-order valence-electron chi connectivity index (χ3n) is 9.11. The highest BCUT2D eigenvalue weighted by molar-refractivity contribution is 6.03. The van der Waals surface area contributed by atoms with Gasteiger partial charge in [-0.1, -0.05) is 30.3 Å². The number of aryl methyl sites for hydroxylation is 2. The summed E-state index contributed by atoms with van der Waals surface area (Å²) in [4.78, 5) is 42.7. The van der Waals surface area contributed by atoms with Crippen LogP contribution in [0.15, 0.2) is 52.1 Å². The van der Waals surface area contributed by atoms with Crippen molar-refractivity contribution in [2.45, 2.75) is 51.3 Å². The number of hydrogen-bond acceptors (Lipinski definition) is 9. The van der Waals surface area contributed by atoms with Crippen LogP contribution in [-0.2, 0) is 25.3 Å². The molecule has 0 spiro atoms. The van der Waals surface area contributed by atoms with Crippen LogP contribution in [0.1, 0.15) is 51.6 Å². The van der Waals surface area contributed by atoms with E-state index in [4.69, 9.17) is 14.5 Å². The fourth-order valence-corrected chi connectivity index (χ4v) is 6.53. The van der Waals surface area contributed by atoms with Gasteiger partial charge < -0.3 is 25.2 Å². The van der Waals surface area contributed by atoms with E-state index in [1.807, 2.05) is 44.2 Å². The number of anilines is 1. The SMILES string of the molecule is COc1nc(-c2cccc(-c3cccc(NC(=O)c4nn(C)c(=O)n(C)c4=O)c3C)c2C)cc2c1[C@H](N[C@@H]1CCOC[C@H]1O)CC2. The molecule has 1 saturated heterocycles. The first kappa shape index (κ1) is 31.3. The number of rotatable bonds is 7. The second-order valence-electron chi connectivity index (χ2n) is 11.9. The number of aliphatic hydroxyl groups excluding tert-OH is 1. The van der Waals surface area contributed by atoms with Crippen LogP contribution in [0.2, 0.25) is 0 Å². The molecule has 0 unspecified atom stereocenters. The number of nitrogens with one attached hydrogen (secondary N) is 2. The fourth-order valence-electron chi connectivity index (χ4n) is 6.53. The summed E-state index contributed by atoms with van der Waals surface area (Å²) in [6.07, 6.45) is 1.96. The van der Waals surface area contributed by atoms with E-state index in [0.29, 0.717) is 24.8 Å². The van der Waals surface area contributed by atoms with E-state index in [0.717, 1.165) is 67.6 Å². The largest absolute Gasteiger partial charge is 0.481 e. The maximum Gasteiger partial charge on any atom is 0.346 e. The van der Waals surface area contributed by atoms with Crippen molar-refractivity contribution in [1.29, 1.82) is 0 Å². The van der Waals surface area contributed by atoms with Crippen molar-refractivity contribution in [3.8, 4) is 28.3 Å². The van der Waals surface area contributed by atoms with Gasteiger partial charge >= 0.3 is 5.69 Å². The predicted molar refractivity (Wildman–Crippen MR) is 173 cm³/mol. The molecule has 4 aromatic rings. The number of benzene rings is 2. The Morgan fingerprint density at radius 3 is 2.50 bits per heavy atom. The lowest BCUT2D eigenvalue weighted by molar-refractivity contribution is -0.0304. The molecular weight excluding hydrogens is 588 g/mol. The van der Waals surface area contributed by atoms with E-state index in [2.05, 4.69) is 21.8 Å². The van der Waals surface area contributed by atoms with Gasteiger partial charge in [-0.25, -0.2) is 14.5 Å². The number of nitrogens with zero attached hydrogens (tertiary/aromatic N) is 4. The molecule has 2 aliphatic rings. The monoisotopic (exact) mass is 626 g/mol. The molecule has 12 heteroatoms. The molecule has 0 radical (unpaired) electrons. The molecule has 3 atom stereocenters. The van der Waals surface area contributed by atoms with Crippen molar-refractivity contribution >= 4 is 11.6 Å². The topological polar surface area (TPSA) is 150 Å². The lowest BCUT2D eigenvalue weighted by Crippen LogP contribution is -2.47. The van der Waals surface area contributed by atoms with E-state index in [-0.39, 0.29) is 17.8 Å². The van der Waals surface area contributed by atoms with Crippen LogP contribution in [0.4, 0.5) is 5.69 Å². The molecular formula is C34H38N6O6. The third-order valence-corrected chi connectivity index (χ3v) is 9.11. The van der Waals surface area contributed by atoms with Crippen molar-refractivity contribution in [2.24, 2.45) is 14.1 Å². The van der Waals surface area contributed by atoms with E-state index in [1.54, 1.807) is 13.2 Å². The van der Waals surface area contributed by atoms with Crippen molar-refractivity contribution in [3.63, 3.8) is 0 Å². The highest BCUT2D eigenvalue weighted by Crippen LogP contribution is 2.41. The molecule has 1 aliphatic heterocycles. The van der Waals surface area contributed by atoms with Crippen molar-refractivity contribution in [2.75, 3.05) is 25.6 Å². The second-order valence-corrected chi connectivity index (χ2v) is 11.9. The van der Waals surface area contributed by atoms with Gasteiger partial charge in [-0.15, -0.1) is 0 Å². The molecule has 1 amide bonds. The molecule has 2 aromatic heterocycles. The summed E-state index contributed by atoms with van der Waals surface area (Å²) >= 11 is 0. The Labute approximate surface area is 266 Å². The Bertz CT molecular complexity index is 1950. The second kappa shape index (κ2) is 12.6. The molecule has 3 N–H and O–H groups in total. The van der Waals surface area contributed by atoms with Gasteiger partial charge in [-0.2, -0.15) is 5.10 Å².